The minimum Gasteiger partial charge on any atom is -0.330 e. The number of benzene rings is 1. The van der Waals surface area contributed by atoms with Gasteiger partial charge in [-0.2, -0.15) is 13.2 Å². The van der Waals surface area contributed by atoms with Crippen LogP contribution in [0.5, 0.6) is 0 Å². The van der Waals surface area contributed by atoms with Crippen molar-refractivity contribution in [3.8, 4) is 0 Å². The van der Waals surface area contributed by atoms with Crippen LogP contribution in [0.25, 0.3) is 0 Å². The smallest absolute Gasteiger partial charge is 0.330 e. The normalized spacial score (nSPS) is 19.4. The Kier molecular flexibility index (Phi) is 5.49. The van der Waals surface area contributed by atoms with Gasteiger partial charge in [0.1, 0.15) is 0 Å². The maximum Gasteiger partial charge on any atom is 0.416 e. The van der Waals surface area contributed by atoms with Gasteiger partial charge in [-0.15, -0.1) is 0 Å². The first-order valence-corrected chi connectivity index (χ1v) is 7.68. The summed E-state index contributed by atoms with van der Waals surface area (Å²) >= 11 is 18.1. The van der Waals surface area contributed by atoms with E-state index in [0.29, 0.717) is 27.1 Å². The van der Waals surface area contributed by atoms with Crippen LogP contribution in [-0.4, -0.2) is 6.54 Å². The SMILES string of the molecule is NCCc1cc(C2CC(Cl)=C(Cl)C=C2Cl)ccc1C(F)(F)F. The molecule has 1 atom stereocenters. The van der Waals surface area contributed by atoms with E-state index in [4.69, 9.17) is 40.5 Å². The summed E-state index contributed by atoms with van der Waals surface area (Å²) in [4.78, 5) is 0. The molecule has 0 saturated carbocycles. The maximum absolute atomic E-state index is 13.0. The fourth-order valence-electron chi connectivity index (χ4n) is 2.42. The molecule has 1 aromatic carbocycles. The van der Waals surface area contributed by atoms with Gasteiger partial charge in [0.2, 0.25) is 0 Å². The minimum atomic E-state index is -4.41. The zero-order valence-electron chi connectivity index (χ0n) is 11.4. The van der Waals surface area contributed by atoms with Gasteiger partial charge in [-0.3, -0.25) is 0 Å². The molecule has 0 amide bonds. The van der Waals surface area contributed by atoms with Gasteiger partial charge in [0.25, 0.3) is 0 Å². The molecule has 0 aliphatic heterocycles. The van der Waals surface area contributed by atoms with Crippen LogP contribution >= 0.6 is 34.8 Å². The van der Waals surface area contributed by atoms with E-state index in [1.807, 2.05) is 0 Å². The molecule has 0 spiro atoms. The Morgan fingerprint density at radius 3 is 2.45 bits per heavy atom. The summed E-state index contributed by atoms with van der Waals surface area (Å²) in [7, 11) is 0. The van der Waals surface area contributed by atoms with Gasteiger partial charge in [0.05, 0.1) is 10.6 Å². The standard InChI is InChI=1S/C15H13Cl3F3N/c16-12-7-14(18)13(17)6-10(12)8-1-2-11(15(19,20)21)9(5-8)3-4-22/h1-2,5,7,10H,3-4,6,22H2. The lowest BCUT2D eigenvalue weighted by Gasteiger charge is -2.23. The van der Waals surface area contributed by atoms with Crippen LogP contribution in [0.1, 0.15) is 29.0 Å². The lowest BCUT2D eigenvalue weighted by Crippen LogP contribution is -2.14. The second-order valence-corrected chi connectivity index (χ2v) is 6.29. The summed E-state index contributed by atoms with van der Waals surface area (Å²) < 4.78 is 39.0. The van der Waals surface area contributed by atoms with Crippen LogP contribution in [0.2, 0.25) is 0 Å². The van der Waals surface area contributed by atoms with Crippen molar-refractivity contribution in [3.05, 3.63) is 56.1 Å². The third-order valence-corrected chi connectivity index (χ3v) is 4.66. The topological polar surface area (TPSA) is 26.0 Å². The lowest BCUT2D eigenvalue weighted by atomic mass is 9.89. The van der Waals surface area contributed by atoms with Crippen molar-refractivity contribution in [2.75, 3.05) is 6.54 Å². The molecule has 0 saturated heterocycles. The molecule has 2 N–H and O–H groups in total. The van der Waals surface area contributed by atoms with Crippen molar-refractivity contribution in [3.63, 3.8) is 0 Å². The highest BCUT2D eigenvalue weighted by Gasteiger charge is 2.33. The molecule has 0 fully saturated rings. The van der Waals surface area contributed by atoms with E-state index in [-0.39, 0.29) is 24.4 Å². The van der Waals surface area contributed by atoms with Crippen molar-refractivity contribution in [2.24, 2.45) is 5.73 Å². The molecule has 0 heterocycles. The molecule has 1 unspecified atom stereocenters. The van der Waals surface area contributed by atoms with Crippen molar-refractivity contribution >= 4 is 34.8 Å². The van der Waals surface area contributed by atoms with Crippen LogP contribution in [0.3, 0.4) is 0 Å². The molecule has 0 aromatic heterocycles. The Labute approximate surface area is 141 Å². The summed E-state index contributed by atoms with van der Waals surface area (Å²) in [6.07, 6.45) is -2.37. The molecule has 1 aromatic rings. The van der Waals surface area contributed by atoms with Gasteiger partial charge >= 0.3 is 6.18 Å². The summed E-state index contributed by atoms with van der Waals surface area (Å²) in [5.41, 5.74) is 5.58. The summed E-state index contributed by atoms with van der Waals surface area (Å²) in [6.45, 7) is 0.132. The Hall–Kier alpha value is -0.680. The number of allylic oxidation sites excluding steroid dienone is 4. The molecule has 22 heavy (non-hydrogen) atoms. The van der Waals surface area contributed by atoms with E-state index in [9.17, 15) is 13.2 Å². The van der Waals surface area contributed by atoms with Crippen LogP contribution in [-0.2, 0) is 12.6 Å². The van der Waals surface area contributed by atoms with Crippen molar-refractivity contribution in [2.45, 2.75) is 24.9 Å². The number of nitrogens with two attached hydrogens (primary N) is 1. The Bertz CT molecular complexity index is 635. The predicted octanol–water partition coefficient (Wildman–Crippen LogP) is 5.51. The number of rotatable bonds is 3. The zero-order chi connectivity index (χ0) is 16.5. The Balaban J connectivity index is 2.42. The molecule has 2 rings (SSSR count). The predicted molar refractivity (Wildman–Crippen MR) is 84.2 cm³/mol. The molecule has 7 heteroatoms. The van der Waals surface area contributed by atoms with Crippen LogP contribution in [0.15, 0.2) is 39.4 Å². The van der Waals surface area contributed by atoms with Crippen LogP contribution in [0.4, 0.5) is 13.2 Å². The van der Waals surface area contributed by atoms with Gasteiger partial charge in [0, 0.05) is 16.0 Å². The molecule has 1 aliphatic rings. The lowest BCUT2D eigenvalue weighted by molar-refractivity contribution is -0.138. The second kappa shape index (κ2) is 6.83. The van der Waals surface area contributed by atoms with Gasteiger partial charge in [0.15, 0.2) is 0 Å². The molecule has 0 radical (unpaired) electrons. The van der Waals surface area contributed by atoms with E-state index >= 15 is 0 Å². The fraction of sp³-hybridized carbons (Fsp3) is 0.333. The number of halogens is 6. The number of hydrogen-bond donors (Lipinski definition) is 1. The monoisotopic (exact) mass is 369 g/mol. The first kappa shape index (κ1) is 17.7. The largest absolute Gasteiger partial charge is 0.416 e. The van der Waals surface area contributed by atoms with Gasteiger partial charge in [-0.05, 0) is 42.7 Å². The van der Waals surface area contributed by atoms with E-state index < -0.39 is 11.7 Å². The Morgan fingerprint density at radius 1 is 1.18 bits per heavy atom. The molecular weight excluding hydrogens is 358 g/mol. The summed E-state index contributed by atoms with van der Waals surface area (Å²) in [5.74, 6) is -0.296. The highest BCUT2D eigenvalue weighted by molar-refractivity contribution is 6.42. The van der Waals surface area contributed by atoms with E-state index in [1.54, 1.807) is 0 Å². The maximum atomic E-state index is 13.0. The quantitative estimate of drug-likeness (QED) is 0.746. The second-order valence-electron chi connectivity index (χ2n) is 4.99. The van der Waals surface area contributed by atoms with E-state index in [0.717, 1.165) is 6.07 Å². The molecule has 1 nitrogen and oxygen atoms in total. The average molecular weight is 371 g/mol. The molecule has 0 bridgehead atoms. The molecule has 120 valence electrons. The van der Waals surface area contributed by atoms with Gasteiger partial charge in [-0.25, -0.2) is 0 Å². The summed E-state index contributed by atoms with van der Waals surface area (Å²) in [6, 6.07) is 3.99. The minimum absolute atomic E-state index is 0.132. The van der Waals surface area contributed by atoms with Crippen molar-refractivity contribution < 1.29 is 13.2 Å². The third-order valence-electron chi connectivity index (χ3n) is 3.49. The fourth-order valence-corrected chi connectivity index (χ4v) is 3.19. The number of alkyl halides is 3. The average Bonchev–Trinajstić information content (AvgIpc) is 2.42. The molecule has 1 aliphatic carbocycles. The summed E-state index contributed by atoms with van der Waals surface area (Å²) in [5, 5.41) is 1.25. The van der Waals surface area contributed by atoms with E-state index in [1.165, 1.54) is 18.2 Å². The van der Waals surface area contributed by atoms with E-state index in [2.05, 4.69) is 0 Å². The van der Waals surface area contributed by atoms with Crippen LogP contribution in [0, 0.1) is 0 Å². The third kappa shape index (κ3) is 3.80. The first-order valence-electron chi connectivity index (χ1n) is 6.55. The van der Waals surface area contributed by atoms with Crippen molar-refractivity contribution in [1.29, 1.82) is 0 Å². The molecular formula is C15H13Cl3F3N. The zero-order valence-corrected chi connectivity index (χ0v) is 13.6. The highest BCUT2D eigenvalue weighted by atomic mass is 35.5. The van der Waals surface area contributed by atoms with Crippen LogP contribution < -0.4 is 5.73 Å². The Morgan fingerprint density at radius 2 is 1.86 bits per heavy atom. The van der Waals surface area contributed by atoms with Crippen molar-refractivity contribution in [1.82, 2.24) is 0 Å². The first-order chi connectivity index (χ1) is 10.2. The highest BCUT2D eigenvalue weighted by Crippen LogP contribution is 2.42. The van der Waals surface area contributed by atoms with Gasteiger partial charge in [-0.1, -0.05) is 46.9 Å². The van der Waals surface area contributed by atoms with Gasteiger partial charge < -0.3 is 5.73 Å². The number of hydrogen-bond acceptors (Lipinski definition) is 1.